The van der Waals surface area contributed by atoms with Gasteiger partial charge in [-0.15, -0.1) is 0 Å². The van der Waals surface area contributed by atoms with Gasteiger partial charge in [0.15, 0.2) is 0 Å². The Morgan fingerprint density at radius 2 is 1.75 bits per heavy atom. The van der Waals surface area contributed by atoms with Gasteiger partial charge in [-0.3, -0.25) is 4.90 Å². The van der Waals surface area contributed by atoms with E-state index in [1.807, 2.05) is 7.05 Å². The molecule has 0 aromatic heterocycles. The van der Waals surface area contributed by atoms with Crippen molar-refractivity contribution in [3.8, 4) is 0 Å². The summed E-state index contributed by atoms with van der Waals surface area (Å²) in [5.74, 6) is 0.764. The maximum atomic E-state index is 3.26. The molecular weight excluding hydrogens is 198 g/mol. The third-order valence-corrected chi connectivity index (χ3v) is 3.74. The van der Waals surface area contributed by atoms with E-state index in [2.05, 4.69) is 35.9 Å². The highest BCUT2D eigenvalue weighted by Crippen LogP contribution is 2.10. The predicted molar refractivity (Wildman–Crippen MR) is 70.9 cm³/mol. The molecule has 0 bridgehead atoms. The molecule has 2 unspecified atom stereocenters. The van der Waals surface area contributed by atoms with E-state index in [4.69, 9.17) is 0 Å². The van der Waals surface area contributed by atoms with E-state index in [1.165, 1.54) is 39.1 Å². The second-order valence-electron chi connectivity index (χ2n) is 5.26. The maximum Gasteiger partial charge on any atom is 0.0113 e. The minimum absolute atomic E-state index is 0.761. The van der Waals surface area contributed by atoms with E-state index in [0.717, 1.165) is 18.5 Å². The molecule has 0 spiro atoms. The van der Waals surface area contributed by atoms with Crippen LogP contribution in [-0.4, -0.2) is 62.2 Å². The smallest absolute Gasteiger partial charge is 0.0113 e. The number of nitrogens with zero attached hydrogens (tertiary/aromatic N) is 2. The average molecular weight is 227 g/mol. The summed E-state index contributed by atoms with van der Waals surface area (Å²) in [6.07, 6.45) is 1.27. The summed E-state index contributed by atoms with van der Waals surface area (Å²) < 4.78 is 0. The molecule has 1 N–H and O–H groups in total. The van der Waals surface area contributed by atoms with Gasteiger partial charge in [-0.05, 0) is 32.9 Å². The Balaban J connectivity index is 2.21. The molecule has 2 atom stereocenters. The van der Waals surface area contributed by atoms with Crippen molar-refractivity contribution in [2.45, 2.75) is 33.2 Å². The molecule has 1 fully saturated rings. The number of rotatable bonds is 6. The molecule has 0 saturated carbocycles. The van der Waals surface area contributed by atoms with Gasteiger partial charge in [0, 0.05) is 38.8 Å². The van der Waals surface area contributed by atoms with Crippen molar-refractivity contribution in [2.24, 2.45) is 5.92 Å². The molecule has 96 valence electrons. The van der Waals surface area contributed by atoms with E-state index in [0.29, 0.717) is 0 Å². The zero-order chi connectivity index (χ0) is 12.0. The monoisotopic (exact) mass is 227 g/mol. The van der Waals surface area contributed by atoms with Gasteiger partial charge in [-0.1, -0.05) is 13.8 Å². The normalized spacial score (nSPS) is 23.2. The quantitative estimate of drug-likeness (QED) is 0.737. The molecular formula is C13H29N3. The van der Waals surface area contributed by atoms with Gasteiger partial charge < -0.3 is 10.2 Å². The van der Waals surface area contributed by atoms with Gasteiger partial charge in [0.2, 0.25) is 0 Å². The van der Waals surface area contributed by atoms with Crippen molar-refractivity contribution in [1.82, 2.24) is 15.1 Å². The van der Waals surface area contributed by atoms with Crippen molar-refractivity contribution < 1.29 is 0 Å². The van der Waals surface area contributed by atoms with Crippen LogP contribution in [0.15, 0.2) is 0 Å². The van der Waals surface area contributed by atoms with Crippen LogP contribution in [0.4, 0.5) is 0 Å². The fourth-order valence-electron chi connectivity index (χ4n) is 2.50. The second-order valence-corrected chi connectivity index (χ2v) is 5.26. The van der Waals surface area contributed by atoms with Gasteiger partial charge >= 0.3 is 0 Å². The predicted octanol–water partition coefficient (Wildman–Crippen LogP) is 1.26. The summed E-state index contributed by atoms with van der Waals surface area (Å²) >= 11 is 0. The highest BCUT2D eigenvalue weighted by atomic mass is 15.3. The van der Waals surface area contributed by atoms with Crippen LogP contribution in [0.1, 0.15) is 27.2 Å². The molecule has 1 aliphatic heterocycles. The molecule has 16 heavy (non-hydrogen) atoms. The SMILES string of the molecule is CCC(C)N1CCN(CC(C)CNC)CC1. The second kappa shape index (κ2) is 7.25. The minimum atomic E-state index is 0.761. The number of hydrogen-bond acceptors (Lipinski definition) is 3. The van der Waals surface area contributed by atoms with Crippen LogP contribution in [-0.2, 0) is 0 Å². The molecule has 3 heteroatoms. The van der Waals surface area contributed by atoms with Crippen LogP contribution in [0.2, 0.25) is 0 Å². The summed E-state index contributed by atoms with van der Waals surface area (Å²) in [5.41, 5.74) is 0. The Bertz CT molecular complexity index is 176. The Morgan fingerprint density at radius 3 is 2.25 bits per heavy atom. The summed E-state index contributed by atoms with van der Waals surface area (Å²) in [6.45, 7) is 14.3. The fourth-order valence-corrected chi connectivity index (χ4v) is 2.50. The minimum Gasteiger partial charge on any atom is -0.319 e. The summed E-state index contributed by atoms with van der Waals surface area (Å²) in [5, 5.41) is 3.26. The third-order valence-electron chi connectivity index (χ3n) is 3.74. The third kappa shape index (κ3) is 4.40. The first-order valence-electron chi connectivity index (χ1n) is 6.78. The van der Waals surface area contributed by atoms with Crippen LogP contribution in [0.25, 0.3) is 0 Å². The van der Waals surface area contributed by atoms with Gasteiger partial charge in [0.1, 0.15) is 0 Å². The van der Waals surface area contributed by atoms with Gasteiger partial charge in [-0.25, -0.2) is 0 Å². The van der Waals surface area contributed by atoms with E-state index < -0.39 is 0 Å². The van der Waals surface area contributed by atoms with Crippen LogP contribution >= 0.6 is 0 Å². The highest BCUT2D eigenvalue weighted by molar-refractivity contribution is 4.76. The maximum absolute atomic E-state index is 3.26. The standard InChI is InChI=1S/C13H29N3/c1-5-13(3)16-8-6-15(7-9-16)11-12(2)10-14-4/h12-14H,5-11H2,1-4H3. The lowest BCUT2D eigenvalue weighted by atomic mass is 10.1. The van der Waals surface area contributed by atoms with Crippen molar-refractivity contribution in [3.63, 3.8) is 0 Å². The molecule has 1 rings (SSSR count). The van der Waals surface area contributed by atoms with E-state index in [1.54, 1.807) is 0 Å². The molecule has 0 aromatic rings. The lowest BCUT2D eigenvalue weighted by Crippen LogP contribution is -2.50. The van der Waals surface area contributed by atoms with Crippen LogP contribution < -0.4 is 5.32 Å². The number of piperazine rings is 1. The van der Waals surface area contributed by atoms with Gasteiger partial charge in [0.25, 0.3) is 0 Å². The van der Waals surface area contributed by atoms with Gasteiger partial charge in [0.05, 0.1) is 0 Å². The summed E-state index contributed by atoms with van der Waals surface area (Å²) in [7, 11) is 2.04. The van der Waals surface area contributed by atoms with E-state index >= 15 is 0 Å². The zero-order valence-corrected chi connectivity index (χ0v) is 11.5. The van der Waals surface area contributed by atoms with Crippen molar-refractivity contribution in [1.29, 1.82) is 0 Å². The summed E-state index contributed by atoms with van der Waals surface area (Å²) in [6, 6.07) is 0.761. The molecule has 3 nitrogen and oxygen atoms in total. The Morgan fingerprint density at radius 1 is 1.12 bits per heavy atom. The highest BCUT2D eigenvalue weighted by Gasteiger charge is 2.20. The van der Waals surface area contributed by atoms with E-state index in [9.17, 15) is 0 Å². The van der Waals surface area contributed by atoms with Gasteiger partial charge in [-0.2, -0.15) is 0 Å². The number of hydrogen-bond donors (Lipinski definition) is 1. The van der Waals surface area contributed by atoms with E-state index in [-0.39, 0.29) is 0 Å². The lowest BCUT2D eigenvalue weighted by molar-refractivity contribution is 0.0918. The van der Waals surface area contributed by atoms with Crippen LogP contribution in [0.5, 0.6) is 0 Å². The van der Waals surface area contributed by atoms with Crippen molar-refractivity contribution >= 4 is 0 Å². The van der Waals surface area contributed by atoms with Crippen LogP contribution in [0, 0.1) is 5.92 Å². The number of nitrogens with one attached hydrogen (secondary N) is 1. The topological polar surface area (TPSA) is 18.5 Å². The van der Waals surface area contributed by atoms with Crippen molar-refractivity contribution in [2.75, 3.05) is 46.3 Å². The molecule has 0 aromatic carbocycles. The zero-order valence-electron chi connectivity index (χ0n) is 11.5. The van der Waals surface area contributed by atoms with Crippen LogP contribution in [0.3, 0.4) is 0 Å². The molecule has 0 radical (unpaired) electrons. The first-order chi connectivity index (χ1) is 7.67. The molecule has 0 amide bonds. The molecule has 1 heterocycles. The lowest BCUT2D eigenvalue weighted by Gasteiger charge is -2.38. The summed E-state index contributed by atoms with van der Waals surface area (Å²) in [4.78, 5) is 5.24. The Kier molecular flexibility index (Phi) is 6.32. The Hall–Kier alpha value is -0.120. The average Bonchev–Trinajstić information content (AvgIpc) is 2.29. The Labute approximate surface area is 101 Å². The first kappa shape index (κ1) is 13.9. The molecule has 0 aliphatic carbocycles. The molecule has 1 aliphatic rings. The first-order valence-corrected chi connectivity index (χ1v) is 6.78. The molecule has 1 saturated heterocycles. The fraction of sp³-hybridized carbons (Fsp3) is 1.00. The largest absolute Gasteiger partial charge is 0.319 e. The van der Waals surface area contributed by atoms with Crippen molar-refractivity contribution in [3.05, 3.63) is 0 Å².